The molecule has 1 N–H and O–H groups in total. The fraction of sp³-hybridized carbons (Fsp3) is 0.333. The average Bonchev–Trinajstić information content (AvgIpc) is 3.44. The van der Waals surface area contributed by atoms with Crippen molar-refractivity contribution in [2.45, 2.75) is 32.9 Å². The van der Waals surface area contributed by atoms with Gasteiger partial charge in [-0.2, -0.15) is 0 Å². The third-order valence-electron chi connectivity index (χ3n) is 5.19. The standard InChI is InChI=1S/C24H29BrN4O3/c1-3-4-14-28(24(31)26-22-12-6-5-11-21(22)25)18-23(30)29(17-20-10-8-15-32-20)16-19-9-7-13-27(19)2/h5-13,15H,3-4,14,16-18H2,1-2H3,(H,26,31). The van der Waals surface area contributed by atoms with Crippen LogP contribution in [0, 0.1) is 0 Å². The number of urea groups is 1. The third kappa shape index (κ3) is 6.50. The lowest BCUT2D eigenvalue weighted by Gasteiger charge is -2.27. The van der Waals surface area contributed by atoms with E-state index in [0.717, 1.165) is 23.0 Å². The number of carbonyl (C=O) groups excluding carboxylic acids is 2. The Kier molecular flexibility index (Phi) is 8.56. The smallest absolute Gasteiger partial charge is 0.322 e. The van der Waals surface area contributed by atoms with E-state index < -0.39 is 0 Å². The number of halogens is 1. The highest BCUT2D eigenvalue weighted by Gasteiger charge is 2.23. The van der Waals surface area contributed by atoms with Crippen molar-refractivity contribution in [3.8, 4) is 0 Å². The molecule has 7 nitrogen and oxygen atoms in total. The van der Waals surface area contributed by atoms with E-state index in [1.807, 2.05) is 60.3 Å². The molecule has 0 aliphatic rings. The number of nitrogens with zero attached hydrogens (tertiary/aromatic N) is 3. The molecule has 1 aromatic carbocycles. The molecule has 2 aromatic heterocycles. The predicted octanol–water partition coefficient (Wildman–Crippen LogP) is 5.24. The average molecular weight is 501 g/mol. The Labute approximate surface area is 197 Å². The Morgan fingerprint density at radius 2 is 1.88 bits per heavy atom. The highest BCUT2D eigenvalue weighted by Crippen LogP contribution is 2.22. The number of amides is 3. The molecule has 0 aliphatic heterocycles. The van der Waals surface area contributed by atoms with Gasteiger partial charge in [-0.1, -0.05) is 25.5 Å². The molecule has 3 aromatic rings. The van der Waals surface area contributed by atoms with Crippen molar-refractivity contribution in [1.82, 2.24) is 14.4 Å². The largest absolute Gasteiger partial charge is 0.467 e. The molecule has 0 spiro atoms. The molecule has 0 saturated carbocycles. The van der Waals surface area contributed by atoms with Gasteiger partial charge in [0, 0.05) is 30.0 Å². The van der Waals surface area contributed by atoms with Gasteiger partial charge >= 0.3 is 6.03 Å². The van der Waals surface area contributed by atoms with Crippen LogP contribution in [0.2, 0.25) is 0 Å². The van der Waals surface area contributed by atoms with Crippen LogP contribution in [-0.4, -0.2) is 39.4 Å². The van der Waals surface area contributed by atoms with Crippen LogP contribution in [0.4, 0.5) is 10.5 Å². The first-order valence-electron chi connectivity index (χ1n) is 10.7. The monoisotopic (exact) mass is 500 g/mol. The van der Waals surface area contributed by atoms with Crippen molar-refractivity contribution < 1.29 is 14.0 Å². The van der Waals surface area contributed by atoms with Crippen LogP contribution in [0.25, 0.3) is 0 Å². The molecular weight excluding hydrogens is 472 g/mol. The van der Waals surface area contributed by atoms with Crippen molar-refractivity contribution in [2.24, 2.45) is 7.05 Å². The number of rotatable bonds is 10. The quantitative estimate of drug-likeness (QED) is 0.413. The van der Waals surface area contributed by atoms with Crippen LogP contribution >= 0.6 is 15.9 Å². The molecule has 0 saturated heterocycles. The molecule has 0 fully saturated rings. The van der Waals surface area contributed by atoms with Crippen LogP contribution < -0.4 is 5.32 Å². The number of carbonyl (C=O) groups is 2. The minimum atomic E-state index is -0.296. The van der Waals surface area contributed by atoms with Gasteiger partial charge in [-0.05, 0) is 58.7 Å². The molecule has 2 heterocycles. The number of hydrogen-bond acceptors (Lipinski definition) is 3. The summed E-state index contributed by atoms with van der Waals surface area (Å²) in [4.78, 5) is 29.7. The first-order valence-corrected chi connectivity index (χ1v) is 11.5. The molecule has 0 bridgehead atoms. The number of aryl methyl sites for hydroxylation is 1. The van der Waals surface area contributed by atoms with E-state index in [9.17, 15) is 9.59 Å². The zero-order valence-electron chi connectivity index (χ0n) is 18.5. The van der Waals surface area contributed by atoms with E-state index in [-0.39, 0.29) is 18.5 Å². The van der Waals surface area contributed by atoms with Gasteiger partial charge < -0.3 is 24.1 Å². The summed E-state index contributed by atoms with van der Waals surface area (Å²) >= 11 is 3.45. The maximum Gasteiger partial charge on any atom is 0.322 e. The van der Waals surface area contributed by atoms with Gasteiger partial charge in [-0.3, -0.25) is 4.79 Å². The van der Waals surface area contributed by atoms with Crippen LogP contribution in [0.15, 0.2) is 69.9 Å². The van der Waals surface area contributed by atoms with Crippen molar-refractivity contribution in [3.63, 3.8) is 0 Å². The predicted molar refractivity (Wildman–Crippen MR) is 128 cm³/mol. The number of hydrogen-bond donors (Lipinski definition) is 1. The van der Waals surface area contributed by atoms with Crippen molar-refractivity contribution in [3.05, 3.63) is 76.9 Å². The summed E-state index contributed by atoms with van der Waals surface area (Å²) in [5.74, 6) is 0.561. The Hall–Kier alpha value is -3.00. The minimum absolute atomic E-state index is 0.0125. The summed E-state index contributed by atoms with van der Waals surface area (Å²) in [6, 6.07) is 14.7. The van der Waals surface area contributed by atoms with Crippen LogP contribution in [-0.2, 0) is 24.9 Å². The van der Waals surface area contributed by atoms with Gasteiger partial charge in [0.1, 0.15) is 12.3 Å². The Morgan fingerprint density at radius 3 is 2.53 bits per heavy atom. The molecule has 32 heavy (non-hydrogen) atoms. The third-order valence-corrected chi connectivity index (χ3v) is 5.89. The first-order chi connectivity index (χ1) is 15.5. The number of nitrogens with one attached hydrogen (secondary N) is 1. The number of furan rings is 1. The van der Waals surface area contributed by atoms with E-state index in [2.05, 4.69) is 28.2 Å². The minimum Gasteiger partial charge on any atom is -0.467 e. The first kappa shape index (κ1) is 23.7. The fourth-order valence-corrected chi connectivity index (χ4v) is 3.68. The van der Waals surface area contributed by atoms with Gasteiger partial charge in [0.25, 0.3) is 0 Å². The van der Waals surface area contributed by atoms with Crippen molar-refractivity contribution in [2.75, 3.05) is 18.4 Å². The summed E-state index contributed by atoms with van der Waals surface area (Å²) in [5, 5.41) is 2.91. The molecule has 0 aliphatic carbocycles. The number of unbranched alkanes of at least 4 members (excludes halogenated alkanes) is 1. The second-order valence-electron chi connectivity index (χ2n) is 7.62. The summed E-state index contributed by atoms with van der Waals surface area (Å²) in [6.45, 7) is 3.31. The Balaban J connectivity index is 1.75. The molecule has 8 heteroatoms. The second kappa shape index (κ2) is 11.6. The second-order valence-corrected chi connectivity index (χ2v) is 8.48. The summed E-state index contributed by atoms with van der Waals surface area (Å²) in [6.07, 6.45) is 5.28. The maximum absolute atomic E-state index is 13.3. The molecule has 0 radical (unpaired) electrons. The van der Waals surface area contributed by atoms with Crippen LogP contribution in [0.3, 0.4) is 0 Å². The van der Waals surface area contributed by atoms with Gasteiger partial charge in [-0.15, -0.1) is 0 Å². The molecule has 3 amide bonds. The molecule has 170 valence electrons. The van der Waals surface area contributed by atoms with Gasteiger partial charge in [-0.25, -0.2) is 4.79 Å². The lowest BCUT2D eigenvalue weighted by Crippen LogP contribution is -2.44. The highest BCUT2D eigenvalue weighted by atomic mass is 79.9. The van der Waals surface area contributed by atoms with Crippen LogP contribution in [0.1, 0.15) is 31.2 Å². The zero-order valence-corrected chi connectivity index (χ0v) is 20.0. The normalized spacial score (nSPS) is 10.7. The fourth-order valence-electron chi connectivity index (χ4n) is 3.30. The summed E-state index contributed by atoms with van der Waals surface area (Å²) in [7, 11) is 1.95. The Morgan fingerprint density at radius 1 is 1.06 bits per heavy atom. The van der Waals surface area contributed by atoms with E-state index in [0.29, 0.717) is 31.1 Å². The highest BCUT2D eigenvalue weighted by molar-refractivity contribution is 9.10. The number of benzene rings is 1. The molecule has 3 rings (SSSR count). The summed E-state index contributed by atoms with van der Waals surface area (Å²) < 4.78 is 8.25. The van der Waals surface area contributed by atoms with Gasteiger partial charge in [0.15, 0.2) is 0 Å². The SMILES string of the molecule is CCCCN(CC(=O)N(Cc1ccco1)Cc1cccn1C)C(=O)Nc1ccccc1Br. The lowest BCUT2D eigenvalue weighted by molar-refractivity contribution is -0.133. The molecule has 0 unspecified atom stereocenters. The summed E-state index contributed by atoms with van der Waals surface area (Å²) in [5.41, 5.74) is 1.67. The van der Waals surface area contributed by atoms with Crippen molar-refractivity contribution >= 4 is 33.6 Å². The maximum atomic E-state index is 13.3. The van der Waals surface area contributed by atoms with Gasteiger partial charge in [0.05, 0.1) is 25.0 Å². The van der Waals surface area contributed by atoms with E-state index in [4.69, 9.17) is 4.42 Å². The van der Waals surface area contributed by atoms with Crippen molar-refractivity contribution in [1.29, 1.82) is 0 Å². The number of para-hydroxylation sites is 1. The van der Waals surface area contributed by atoms with E-state index >= 15 is 0 Å². The topological polar surface area (TPSA) is 70.7 Å². The van der Waals surface area contributed by atoms with E-state index in [1.54, 1.807) is 22.1 Å². The van der Waals surface area contributed by atoms with Gasteiger partial charge in [0.2, 0.25) is 5.91 Å². The number of anilines is 1. The Bertz CT molecular complexity index is 1020. The van der Waals surface area contributed by atoms with E-state index in [1.165, 1.54) is 0 Å². The lowest BCUT2D eigenvalue weighted by atomic mass is 10.3. The number of aromatic nitrogens is 1. The zero-order chi connectivity index (χ0) is 22.9. The van der Waals surface area contributed by atoms with Crippen LogP contribution in [0.5, 0.6) is 0 Å². The molecule has 0 atom stereocenters. The molecular formula is C24H29BrN4O3.